The summed E-state index contributed by atoms with van der Waals surface area (Å²) in [4.78, 5) is 11.1. The molecule has 0 saturated carbocycles. The molecule has 0 unspecified atom stereocenters. The standard InChI is InChI=1S/C15H22O2Si2/c1-13(16)17-15-10-8-7-9-14(15)11-12-19(5,6)18(2,3)4/h7-10H,1-6H3. The van der Waals surface area contributed by atoms with Gasteiger partial charge in [-0.3, -0.25) is 4.79 Å². The van der Waals surface area contributed by atoms with Crippen LogP contribution in [-0.2, 0) is 4.79 Å². The molecule has 1 rings (SSSR count). The van der Waals surface area contributed by atoms with Gasteiger partial charge < -0.3 is 4.74 Å². The van der Waals surface area contributed by atoms with Crippen LogP contribution in [0, 0.1) is 11.5 Å². The first-order valence-corrected chi connectivity index (χ1v) is 13.9. The molecule has 1 aromatic carbocycles. The van der Waals surface area contributed by atoms with Crippen molar-refractivity contribution >= 4 is 21.2 Å². The van der Waals surface area contributed by atoms with Crippen molar-refractivity contribution in [3.63, 3.8) is 0 Å². The Bertz CT molecular complexity index is 531. The summed E-state index contributed by atoms with van der Waals surface area (Å²) >= 11 is 0. The van der Waals surface area contributed by atoms with E-state index in [-0.39, 0.29) is 5.97 Å². The van der Waals surface area contributed by atoms with E-state index >= 15 is 0 Å². The maximum atomic E-state index is 11.1. The lowest BCUT2D eigenvalue weighted by Crippen LogP contribution is -2.51. The summed E-state index contributed by atoms with van der Waals surface area (Å²) in [5.41, 5.74) is 4.29. The van der Waals surface area contributed by atoms with E-state index in [0.29, 0.717) is 5.75 Å². The van der Waals surface area contributed by atoms with Gasteiger partial charge in [-0.25, -0.2) is 0 Å². The molecule has 0 radical (unpaired) electrons. The van der Waals surface area contributed by atoms with Crippen molar-refractivity contribution in [1.29, 1.82) is 0 Å². The monoisotopic (exact) mass is 290 g/mol. The van der Waals surface area contributed by atoms with Crippen LogP contribution < -0.4 is 4.74 Å². The molecular weight excluding hydrogens is 268 g/mol. The minimum Gasteiger partial charge on any atom is -0.425 e. The van der Waals surface area contributed by atoms with Crippen molar-refractivity contribution < 1.29 is 9.53 Å². The van der Waals surface area contributed by atoms with Gasteiger partial charge in [0.2, 0.25) is 0 Å². The fourth-order valence-corrected chi connectivity index (χ4v) is 3.36. The number of hydrogen-bond acceptors (Lipinski definition) is 2. The van der Waals surface area contributed by atoms with E-state index in [1.807, 2.05) is 18.2 Å². The van der Waals surface area contributed by atoms with Gasteiger partial charge in [-0.05, 0) is 12.1 Å². The molecule has 0 aliphatic heterocycles. The number of ether oxygens (including phenoxy) is 1. The summed E-state index contributed by atoms with van der Waals surface area (Å²) in [5.74, 6) is 3.48. The summed E-state index contributed by atoms with van der Waals surface area (Å²) < 4.78 is 5.18. The summed E-state index contributed by atoms with van der Waals surface area (Å²) in [6.45, 7) is 13.1. The average Bonchev–Trinajstić information content (AvgIpc) is 2.25. The maximum Gasteiger partial charge on any atom is 0.308 e. The number of para-hydroxylation sites is 1. The lowest BCUT2D eigenvalue weighted by atomic mass is 10.2. The first-order chi connectivity index (χ1) is 8.63. The third-order valence-corrected chi connectivity index (χ3v) is 19.7. The van der Waals surface area contributed by atoms with Crippen molar-refractivity contribution in [3.05, 3.63) is 29.8 Å². The molecule has 0 bridgehead atoms. The molecule has 0 N–H and O–H groups in total. The molecule has 0 fully saturated rings. The second-order valence-corrected chi connectivity index (χ2v) is 22.5. The van der Waals surface area contributed by atoms with Crippen LogP contribution in [0.3, 0.4) is 0 Å². The molecule has 19 heavy (non-hydrogen) atoms. The van der Waals surface area contributed by atoms with Crippen molar-refractivity contribution in [3.8, 4) is 17.2 Å². The van der Waals surface area contributed by atoms with Crippen LogP contribution in [0.5, 0.6) is 5.75 Å². The highest BCUT2D eigenvalue weighted by Gasteiger charge is 2.35. The van der Waals surface area contributed by atoms with Crippen LogP contribution in [0.25, 0.3) is 0 Å². The van der Waals surface area contributed by atoms with E-state index in [1.165, 1.54) is 6.92 Å². The molecule has 4 heteroatoms. The Balaban J connectivity index is 3.11. The zero-order valence-electron chi connectivity index (χ0n) is 12.6. The Morgan fingerprint density at radius 1 is 1.11 bits per heavy atom. The van der Waals surface area contributed by atoms with Gasteiger partial charge in [-0.15, -0.1) is 5.54 Å². The van der Waals surface area contributed by atoms with Crippen LogP contribution in [0.4, 0.5) is 0 Å². The van der Waals surface area contributed by atoms with Crippen LogP contribution in [0.2, 0.25) is 32.7 Å². The number of carbonyl (C=O) groups is 1. The maximum absolute atomic E-state index is 11.1. The van der Waals surface area contributed by atoms with Gasteiger partial charge in [-0.2, -0.15) is 0 Å². The van der Waals surface area contributed by atoms with Gasteiger partial charge in [0.25, 0.3) is 0 Å². The zero-order valence-corrected chi connectivity index (χ0v) is 14.6. The van der Waals surface area contributed by atoms with Gasteiger partial charge in [0.05, 0.1) is 13.2 Å². The number of esters is 1. The molecule has 0 aliphatic rings. The minimum absolute atomic E-state index is 0.309. The molecule has 0 spiro atoms. The van der Waals surface area contributed by atoms with Gasteiger partial charge >= 0.3 is 5.97 Å². The van der Waals surface area contributed by atoms with Gasteiger partial charge in [0.1, 0.15) is 13.3 Å². The van der Waals surface area contributed by atoms with Crippen molar-refractivity contribution in [2.75, 3.05) is 0 Å². The van der Waals surface area contributed by atoms with Gasteiger partial charge in [0, 0.05) is 6.92 Å². The topological polar surface area (TPSA) is 26.3 Å². The molecule has 0 saturated heterocycles. The highest BCUT2D eigenvalue weighted by Crippen LogP contribution is 2.20. The average molecular weight is 291 g/mol. The predicted octanol–water partition coefficient (Wildman–Crippen LogP) is 3.63. The quantitative estimate of drug-likeness (QED) is 0.360. The van der Waals surface area contributed by atoms with E-state index in [2.05, 4.69) is 44.2 Å². The number of carbonyl (C=O) groups excluding carboxylic acids is 1. The fraction of sp³-hybridized carbons (Fsp3) is 0.400. The van der Waals surface area contributed by atoms with Crippen LogP contribution in [0.1, 0.15) is 12.5 Å². The second-order valence-electron chi connectivity index (χ2n) is 6.21. The Hall–Kier alpha value is -1.32. The molecule has 0 amide bonds. The van der Waals surface area contributed by atoms with E-state index in [1.54, 1.807) is 6.07 Å². The molecule has 0 atom stereocenters. The Labute approximate surface area is 118 Å². The fourth-order valence-electron chi connectivity index (χ4n) is 1.22. The third-order valence-electron chi connectivity index (χ3n) is 3.53. The van der Waals surface area contributed by atoms with E-state index in [0.717, 1.165) is 5.56 Å². The summed E-state index contributed by atoms with van der Waals surface area (Å²) in [5, 5.41) is 0. The van der Waals surface area contributed by atoms with Gasteiger partial charge in [-0.1, -0.05) is 50.8 Å². The Kier molecular flexibility index (Phi) is 4.77. The molecule has 102 valence electrons. The number of benzene rings is 1. The minimum atomic E-state index is -1.51. The SMILES string of the molecule is CC(=O)Oc1ccccc1C#C[Si](C)(C)[Si](C)(C)C. The first-order valence-electron chi connectivity index (χ1n) is 6.44. The highest BCUT2D eigenvalue weighted by molar-refractivity contribution is 7.43. The van der Waals surface area contributed by atoms with Crippen molar-refractivity contribution in [1.82, 2.24) is 0 Å². The molecule has 0 heterocycles. The normalized spacial score (nSPS) is 11.5. The Morgan fingerprint density at radius 3 is 2.21 bits per heavy atom. The molecule has 0 aromatic heterocycles. The van der Waals surface area contributed by atoms with Crippen molar-refractivity contribution in [2.24, 2.45) is 0 Å². The zero-order chi connectivity index (χ0) is 14.7. The second kappa shape index (κ2) is 5.76. The lowest BCUT2D eigenvalue weighted by molar-refractivity contribution is -0.131. The largest absolute Gasteiger partial charge is 0.425 e. The molecule has 0 aliphatic carbocycles. The summed E-state index contributed by atoms with van der Waals surface area (Å²) in [6, 6.07) is 7.46. The van der Waals surface area contributed by atoms with E-state index in [4.69, 9.17) is 4.74 Å². The number of hydrogen-bond donors (Lipinski definition) is 0. The smallest absolute Gasteiger partial charge is 0.308 e. The molecule has 1 aromatic rings. The van der Waals surface area contributed by atoms with Crippen molar-refractivity contribution in [2.45, 2.75) is 39.7 Å². The third kappa shape index (κ3) is 4.37. The first kappa shape index (κ1) is 15.7. The lowest BCUT2D eigenvalue weighted by Gasteiger charge is -2.29. The van der Waals surface area contributed by atoms with Gasteiger partial charge in [0.15, 0.2) is 0 Å². The van der Waals surface area contributed by atoms with E-state index < -0.39 is 15.2 Å². The Morgan fingerprint density at radius 2 is 1.68 bits per heavy atom. The van der Waals surface area contributed by atoms with Crippen LogP contribution >= 0.6 is 0 Å². The van der Waals surface area contributed by atoms with E-state index in [9.17, 15) is 4.79 Å². The van der Waals surface area contributed by atoms with Crippen LogP contribution in [0.15, 0.2) is 24.3 Å². The molecular formula is C15H22O2Si2. The summed E-state index contributed by atoms with van der Waals surface area (Å²) in [6.07, 6.45) is 0. The summed E-state index contributed by atoms with van der Waals surface area (Å²) in [7, 11) is -2.74. The highest BCUT2D eigenvalue weighted by atomic mass is 29.3. The molecule has 2 nitrogen and oxygen atoms in total. The predicted molar refractivity (Wildman–Crippen MR) is 85.5 cm³/mol. The van der Waals surface area contributed by atoms with Crippen LogP contribution in [-0.4, -0.2) is 21.2 Å². The number of rotatable bonds is 2.